The van der Waals surface area contributed by atoms with Crippen molar-refractivity contribution in [2.75, 3.05) is 20.8 Å². The van der Waals surface area contributed by atoms with Gasteiger partial charge in [0, 0.05) is 14.2 Å². The van der Waals surface area contributed by atoms with Crippen LogP contribution in [0.5, 0.6) is 0 Å². The topological polar surface area (TPSA) is 68.1 Å². The number of rotatable bonds is 5. The summed E-state index contributed by atoms with van der Waals surface area (Å²) in [5.41, 5.74) is 0. The van der Waals surface area contributed by atoms with Gasteiger partial charge in [0.25, 0.3) is 0 Å². The highest BCUT2D eigenvalue weighted by Gasteiger charge is 2.17. The summed E-state index contributed by atoms with van der Waals surface area (Å²) in [6, 6.07) is 0. The lowest BCUT2D eigenvalue weighted by atomic mass is 10.3. The second-order valence-corrected chi connectivity index (χ2v) is 1.72. The van der Waals surface area contributed by atoms with Crippen LogP contribution in [0, 0.1) is 4.91 Å². The Morgan fingerprint density at radius 3 is 2.30 bits per heavy atom. The number of hydrogen-bond acceptors (Lipinski definition) is 5. The van der Waals surface area contributed by atoms with Crippen LogP contribution in [0.3, 0.4) is 0 Å². The first-order valence-electron chi connectivity index (χ1n) is 2.79. The predicted molar refractivity (Wildman–Crippen MR) is 34.5 cm³/mol. The van der Waals surface area contributed by atoms with Crippen molar-refractivity contribution in [1.82, 2.24) is 0 Å². The van der Waals surface area contributed by atoms with Crippen LogP contribution >= 0.6 is 0 Å². The Morgan fingerprint density at radius 1 is 1.50 bits per heavy atom. The Balaban J connectivity index is 3.63. The molecule has 0 aromatic heterocycles. The third-order valence-electron chi connectivity index (χ3n) is 1.04. The monoisotopic (exact) mass is 149 g/mol. The first kappa shape index (κ1) is 9.48. The van der Waals surface area contributed by atoms with Crippen molar-refractivity contribution in [2.24, 2.45) is 5.18 Å². The third-order valence-corrected chi connectivity index (χ3v) is 1.04. The number of aliphatic hydroxyl groups is 1. The maximum absolute atomic E-state index is 9.63. The van der Waals surface area contributed by atoms with Crippen molar-refractivity contribution in [2.45, 2.75) is 12.4 Å². The maximum atomic E-state index is 9.63. The van der Waals surface area contributed by atoms with Crippen LogP contribution in [0.2, 0.25) is 0 Å². The zero-order chi connectivity index (χ0) is 7.98. The van der Waals surface area contributed by atoms with Gasteiger partial charge in [-0.3, -0.25) is 0 Å². The first-order valence-corrected chi connectivity index (χ1v) is 2.79. The quantitative estimate of drug-likeness (QED) is 0.431. The van der Waals surface area contributed by atoms with E-state index in [1.165, 1.54) is 14.2 Å². The molecule has 0 aliphatic heterocycles. The Bertz CT molecular complexity index is 93.6. The highest BCUT2D eigenvalue weighted by Crippen LogP contribution is 1.98. The minimum absolute atomic E-state index is 0.216. The van der Waals surface area contributed by atoms with E-state index >= 15 is 0 Å². The molecule has 0 aliphatic carbocycles. The second-order valence-electron chi connectivity index (χ2n) is 1.72. The van der Waals surface area contributed by atoms with E-state index in [0.717, 1.165) is 0 Å². The standard InChI is InChI=1S/C5H11NO4/c1-9-5(10-2)4(7)3-6-8/h4-5,7H,3H2,1-2H3. The molecule has 0 amide bonds. The number of aliphatic hydroxyl groups excluding tert-OH is 1. The molecular weight excluding hydrogens is 138 g/mol. The Labute approximate surface area is 58.9 Å². The van der Waals surface area contributed by atoms with E-state index in [-0.39, 0.29) is 6.54 Å². The number of ether oxygens (including phenoxy) is 2. The highest BCUT2D eigenvalue weighted by molar-refractivity contribution is 4.61. The molecule has 1 unspecified atom stereocenters. The SMILES string of the molecule is COC(OC)C(O)CN=O. The molecule has 0 radical (unpaired) electrons. The first-order chi connectivity index (χ1) is 4.76. The minimum Gasteiger partial charge on any atom is -0.386 e. The van der Waals surface area contributed by atoms with Gasteiger partial charge >= 0.3 is 0 Å². The molecule has 5 nitrogen and oxygen atoms in total. The van der Waals surface area contributed by atoms with Gasteiger partial charge in [0.1, 0.15) is 12.6 Å². The van der Waals surface area contributed by atoms with Gasteiger partial charge in [0.05, 0.1) is 0 Å². The zero-order valence-corrected chi connectivity index (χ0v) is 5.98. The van der Waals surface area contributed by atoms with E-state index in [1.54, 1.807) is 0 Å². The van der Waals surface area contributed by atoms with Crippen molar-refractivity contribution in [3.05, 3.63) is 4.91 Å². The molecule has 10 heavy (non-hydrogen) atoms. The molecule has 0 rings (SSSR count). The summed E-state index contributed by atoms with van der Waals surface area (Å²) in [6.07, 6.45) is -1.75. The van der Waals surface area contributed by atoms with Crippen LogP contribution in [0.25, 0.3) is 0 Å². The number of nitroso groups, excluding NO2 is 1. The van der Waals surface area contributed by atoms with Gasteiger partial charge in [-0.1, -0.05) is 5.18 Å². The summed E-state index contributed by atoms with van der Waals surface area (Å²) >= 11 is 0. The van der Waals surface area contributed by atoms with Crippen molar-refractivity contribution in [1.29, 1.82) is 0 Å². The third kappa shape index (κ3) is 2.86. The van der Waals surface area contributed by atoms with Gasteiger partial charge in [-0.25, -0.2) is 0 Å². The van der Waals surface area contributed by atoms with E-state index in [9.17, 15) is 4.91 Å². The lowest BCUT2D eigenvalue weighted by molar-refractivity contribution is -0.160. The molecule has 0 heterocycles. The molecule has 0 fully saturated rings. The van der Waals surface area contributed by atoms with Crippen LogP contribution in [-0.2, 0) is 9.47 Å². The molecule has 0 saturated heterocycles. The predicted octanol–water partition coefficient (Wildman–Crippen LogP) is -0.267. The molecule has 0 bridgehead atoms. The van der Waals surface area contributed by atoms with Gasteiger partial charge < -0.3 is 14.6 Å². The van der Waals surface area contributed by atoms with Gasteiger partial charge in [-0.2, -0.15) is 4.91 Å². The molecular formula is C5H11NO4. The van der Waals surface area contributed by atoms with E-state index in [2.05, 4.69) is 14.7 Å². The summed E-state index contributed by atoms with van der Waals surface area (Å²) in [4.78, 5) is 9.63. The van der Waals surface area contributed by atoms with Gasteiger partial charge in [-0.15, -0.1) is 0 Å². The van der Waals surface area contributed by atoms with E-state index in [0.29, 0.717) is 0 Å². The van der Waals surface area contributed by atoms with E-state index in [1.807, 2.05) is 0 Å². The van der Waals surface area contributed by atoms with Gasteiger partial charge in [0.2, 0.25) is 0 Å². The molecule has 0 aromatic carbocycles. The van der Waals surface area contributed by atoms with Crippen molar-refractivity contribution in [3.8, 4) is 0 Å². The fourth-order valence-corrected chi connectivity index (χ4v) is 0.573. The Hall–Kier alpha value is -0.520. The average molecular weight is 149 g/mol. The summed E-state index contributed by atoms with van der Waals surface area (Å²) in [5.74, 6) is 0. The molecule has 1 N–H and O–H groups in total. The number of hydrogen-bond donors (Lipinski definition) is 1. The van der Waals surface area contributed by atoms with E-state index in [4.69, 9.17) is 5.11 Å². The van der Waals surface area contributed by atoms with Crippen molar-refractivity contribution < 1.29 is 14.6 Å². The summed E-state index contributed by atoms with van der Waals surface area (Å²) in [5, 5.41) is 11.5. The Morgan fingerprint density at radius 2 is 2.00 bits per heavy atom. The van der Waals surface area contributed by atoms with Crippen molar-refractivity contribution >= 4 is 0 Å². The fourth-order valence-electron chi connectivity index (χ4n) is 0.573. The zero-order valence-electron chi connectivity index (χ0n) is 5.98. The minimum atomic E-state index is -0.979. The average Bonchev–Trinajstić information content (AvgIpc) is 1.91. The molecule has 0 spiro atoms. The highest BCUT2D eigenvalue weighted by atomic mass is 16.7. The summed E-state index contributed by atoms with van der Waals surface area (Å²) < 4.78 is 9.29. The smallest absolute Gasteiger partial charge is 0.184 e. The summed E-state index contributed by atoms with van der Waals surface area (Å²) in [6.45, 7) is -0.216. The van der Waals surface area contributed by atoms with Crippen LogP contribution in [0.15, 0.2) is 5.18 Å². The summed E-state index contributed by atoms with van der Waals surface area (Å²) in [7, 11) is 2.75. The molecule has 5 heteroatoms. The molecule has 1 atom stereocenters. The van der Waals surface area contributed by atoms with Crippen molar-refractivity contribution in [3.63, 3.8) is 0 Å². The normalized spacial score (nSPS) is 13.6. The molecule has 0 aromatic rings. The number of nitrogens with zero attached hydrogens (tertiary/aromatic N) is 1. The lowest BCUT2D eigenvalue weighted by Crippen LogP contribution is -2.31. The largest absolute Gasteiger partial charge is 0.386 e. The van der Waals surface area contributed by atoms with Crippen LogP contribution < -0.4 is 0 Å². The molecule has 60 valence electrons. The molecule has 0 aliphatic rings. The van der Waals surface area contributed by atoms with E-state index < -0.39 is 12.4 Å². The van der Waals surface area contributed by atoms with Gasteiger partial charge in [0.15, 0.2) is 6.29 Å². The van der Waals surface area contributed by atoms with Crippen LogP contribution in [0.1, 0.15) is 0 Å². The maximum Gasteiger partial charge on any atom is 0.184 e. The number of methoxy groups -OCH3 is 2. The van der Waals surface area contributed by atoms with Crippen LogP contribution in [0.4, 0.5) is 0 Å². The fraction of sp³-hybridized carbons (Fsp3) is 1.00. The molecule has 0 saturated carbocycles. The lowest BCUT2D eigenvalue weighted by Gasteiger charge is -2.16. The van der Waals surface area contributed by atoms with Crippen LogP contribution in [-0.4, -0.2) is 38.3 Å². The second kappa shape index (κ2) is 5.28. The van der Waals surface area contributed by atoms with Gasteiger partial charge in [-0.05, 0) is 0 Å². The Kier molecular flexibility index (Phi) is 5.00.